The van der Waals surface area contributed by atoms with Gasteiger partial charge in [-0.25, -0.2) is 13.6 Å². The van der Waals surface area contributed by atoms with E-state index in [1.54, 1.807) is 41.7 Å². The minimum atomic E-state index is -4.92. The predicted octanol–water partition coefficient (Wildman–Crippen LogP) is 7.62. The SMILES string of the molecule is COCCCOc1ccc(F)cc1NC(=O)C[C@@H](C[C@H](NC(=O)OC(C)(C)C)[C@@H](O)C[C@H](C(=O)NCc1ccc(F)c(C(F)(F)F)c1)C(C)C)C(C)C. The molecule has 0 fully saturated rings. The number of rotatable bonds is 19. The van der Waals surface area contributed by atoms with Gasteiger partial charge in [0, 0.05) is 45.1 Å². The Bertz CT molecular complexity index is 1500. The number of aliphatic hydroxyl groups excluding tert-OH is 1. The molecular formula is C38H54F5N3O7. The van der Waals surface area contributed by atoms with Crippen LogP contribution in [0, 0.1) is 35.3 Å². The van der Waals surface area contributed by atoms with Gasteiger partial charge in [0.15, 0.2) is 0 Å². The minimum Gasteiger partial charge on any atom is -0.491 e. The maximum atomic E-state index is 14.2. The lowest BCUT2D eigenvalue weighted by atomic mass is 9.81. The molecule has 0 aliphatic carbocycles. The van der Waals surface area contributed by atoms with Crippen molar-refractivity contribution in [3.05, 3.63) is 59.2 Å². The summed E-state index contributed by atoms with van der Waals surface area (Å²) in [5, 5.41) is 19.6. The number of anilines is 1. The fourth-order valence-corrected chi connectivity index (χ4v) is 5.57. The molecule has 0 aliphatic heterocycles. The molecule has 298 valence electrons. The first-order valence-electron chi connectivity index (χ1n) is 17.6. The van der Waals surface area contributed by atoms with Gasteiger partial charge in [0.1, 0.15) is 23.0 Å². The van der Waals surface area contributed by atoms with Gasteiger partial charge in [-0.2, -0.15) is 13.2 Å². The van der Waals surface area contributed by atoms with Crippen molar-refractivity contribution < 1.29 is 55.7 Å². The van der Waals surface area contributed by atoms with E-state index in [4.69, 9.17) is 14.2 Å². The van der Waals surface area contributed by atoms with Crippen molar-refractivity contribution in [3.63, 3.8) is 0 Å². The van der Waals surface area contributed by atoms with E-state index in [0.29, 0.717) is 25.2 Å². The Morgan fingerprint density at radius 1 is 0.906 bits per heavy atom. The maximum absolute atomic E-state index is 14.2. The van der Waals surface area contributed by atoms with E-state index in [-0.39, 0.29) is 61.3 Å². The van der Waals surface area contributed by atoms with E-state index in [1.807, 2.05) is 13.8 Å². The fourth-order valence-electron chi connectivity index (χ4n) is 5.57. The van der Waals surface area contributed by atoms with Gasteiger partial charge in [-0.15, -0.1) is 0 Å². The number of nitrogens with one attached hydrogen (secondary N) is 3. The number of halogens is 5. The predicted molar refractivity (Wildman–Crippen MR) is 190 cm³/mol. The van der Waals surface area contributed by atoms with Crippen LogP contribution in [0.1, 0.15) is 85.3 Å². The van der Waals surface area contributed by atoms with Crippen LogP contribution in [0.25, 0.3) is 0 Å². The Kier molecular flexibility index (Phi) is 17.4. The first kappa shape index (κ1) is 45.2. The Labute approximate surface area is 308 Å². The first-order chi connectivity index (χ1) is 24.6. The molecule has 0 radical (unpaired) electrons. The van der Waals surface area contributed by atoms with Gasteiger partial charge in [0.25, 0.3) is 0 Å². The van der Waals surface area contributed by atoms with Crippen molar-refractivity contribution in [2.75, 3.05) is 25.6 Å². The molecule has 0 aliphatic rings. The van der Waals surface area contributed by atoms with Crippen LogP contribution in [0.2, 0.25) is 0 Å². The lowest BCUT2D eigenvalue weighted by molar-refractivity contribution is -0.140. The van der Waals surface area contributed by atoms with Gasteiger partial charge in [-0.3, -0.25) is 9.59 Å². The molecule has 4 N–H and O–H groups in total. The summed E-state index contributed by atoms with van der Waals surface area (Å²) in [4.78, 5) is 39.6. The molecule has 0 spiro atoms. The van der Waals surface area contributed by atoms with E-state index in [1.165, 1.54) is 12.1 Å². The van der Waals surface area contributed by atoms with Gasteiger partial charge in [0.2, 0.25) is 11.8 Å². The molecule has 0 unspecified atom stereocenters. The van der Waals surface area contributed by atoms with E-state index in [2.05, 4.69) is 16.0 Å². The molecule has 10 nitrogen and oxygen atoms in total. The lowest BCUT2D eigenvalue weighted by Gasteiger charge is -2.33. The van der Waals surface area contributed by atoms with E-state index in [0.717, 1.165) is 12.1 Å². The number of methoxy groups -OCH3 is 1. The van der Waals surface area contributed by atoms with Crippen LogP contribution in [0.5, 0.6) is 5.75 Å². The third-order valence-corrected chi connectivity index (χ3v) is 8.52. The summed E-state index contributed by atoms with van der Waals surface area (Å²) in [5.74, 6) is -4.55. The fraction of sp³-hybridized carbons (Fsp3) is 0.605. The van der Waals surface area contributed by atoms with Crippen LogP contribution >= 0.6 is 0 Å². The number of hydrogen-bond acceptors (Lipinski definition) is 7. The monoisotopic (exact) mass is 759 g/mol. The topological polar surface area (TPSA) is 135 Å². The van der Waals surface area contributed by atoms with E-state index in [9.17, 15) is 41.4 Å². The second kappa shape index (κ2) is 20.5. The molecular weight excluding hydrogens is 705 g/mol. The van der Waals surface area contributed by atoms with Crippen LogP contribution in [-0.2, 0) is 31.8 Å². The Hall–Kier alpha value is -3.98. The number of hydrogen-bond donors (Lipinski definition) is 4. The van der Waals surface area contributed by atoms with Crippen molar-refractivity contribution in [1.82, 2.24) is 10.6 Å². The second-order valence-corrected chi connectivity index (χ2v) is 14.8. The standard InChI is InChI=1S/C38H54F5N3O7/c1-22(2)25(18-34(48)45-31-19-26(39)11-13-33(31)52-15-9-14-51-8)17-30(46-36(50)53-37(5,6)7)32(47)20-27(23(3)4)35(49)44-21-24-10-12-29(40)28(16-24)38(41,42)43/h10-13,16,19,22-23,25,27,30,32,47H,9,14-15,17-18,20-21H2,1-8H3,(H,44,49)(H,45,48)(H,46,50)/t25-,27+,30+,32+/m1/s1. The van der Waals surface area contributed by atoms with Crippen molar-refractivity contribution in [1.29, 1.82) is 0 Å². The molecule has 15 heteroatoms. The average Bonchev–Trinajstić information content (AvgIpc) is 3.03. The zero-order valence-electron chi connectivity index (χ0n) is 31.7. The molecule has 2 rings (SSSR count). The minimum absolute atomic E-state index is 0.0284. The Balaban J connectivity index is 2.26. The summed E-state index contributed by atoms with van der Waals surface area (Å²) in [7, 11) is 1.56. The zero-order valence-corrected chi connectivity index (χ0v) is 31.7. The van der Waals surface area contributed by atoms with Gasteiger partial charge < -0.3 is 35.3 Å². The van der Waals surface area contributed by atoms with E-state index >= 15 is 0 Å². The van der Waals surface area contributed by atoms with Gasteiger partial charge in [-0.1, -0.05) is 33.8 Å². The zero-order chi connectivity index (χ0) is 40.1. The molecule has 0 saturated carbocycles. The number of aliphatic hydroxyl groups is 1. The summed E-state index contributed by atoms with van der Waals surface area (Å²) in [6.07, 6.45) is -6.67. The van der Waals surface area contributed by atoms with E-state index < -0.39 is 70.9 Å². The lowest BCUT2D eigenvalue weighted by Crippen LogP contribution is -2.48. The molecule has 4 atom stereocenters. The van der Waals surface area contributed by atoms with Crippen LogP contribution in [0.15, 0.2) is 36.4 Å². The Morgan fingerprint density at radius 2 is 1.58 bits per heavy atom. The molecule has 2 aromatic carbocycles. The molecule has 0 aromatic heterocycles. The van der Waals surface area contributed by atoms with Crippen molar-refractivity contribution in [3.8, 4) is 5.75 Å². The highest BCUT2D eigenvalue weighted by atomic mass is 19.4. The molecule has 2 aromatic rings. The number of amides is 3. The van der Waals surface area contributed by atoms with Crippen molar-refractivity contribution in [2.24, 2.45) is 23.7 Å². The smallest absolute Gasteiger partial charge is 0.419 e. The van der Waals surface area contributed by atoms with Crippen LogP contribution in [0.3, 0.4) is 0 Å². The third-order valence-electron chi connectivity index (χ3n) is 8.52. The quantitative estimate of drug-likeness (QED) is 0.0855. The Morgan fingerprint density at radius 3 is 2.17 bits per heavy atom. The highest BCUT2D eigenvalue weighted by molar-refractivity contribution is 5.92. The highest BCUT2D eigenvalue weighted by Gasteiger charge is 2.35. The number of carbonyl (C=O) groups excluding carboxylic acids is 3. The average molecular weight is 760 g/mol. The summed E-state index contributed by atoms with van der Waals surface area (Å²) in [6.45, 7) is 12.6. The number of alkyl halides is 3. The van der Waals surface area contributed by atoms with Crippen molar-refractivity contribution >= 4 is 23.6 Å². The summed E-state index contributed by atoms with van der Waals surface area (Å²) in [6, 6.07) is 5.22. The maximum Gasteiger partial charge on any atom is 0.419 e. The summed E-state index contributed by atoms with van der Waals surface area (Å²) < 4.78 is 83.8. The number of carbonyl (C=O) groups is 3. The van der Waals surface area contributed by atoms with Crippen LogP contribution < -0.4 is 20.7 Å². The normalized spacial score (nSPS) is 14.3. The van der Waals surface area contributed by atoms with Gasteiger partial charge in [-0.05, 0) is 81.2 Å². The van der Waals surface area contributed by atoms with Gasteiger partial charge >= 0.3 is 12.3 Å². The molecule has 3 amide bonds. The number of ether oxygens (including phenoxy) is 3. The third kappa shape index (κ3) is 15.9. The highest BCUT2D eigenvalue weighted by Crippen LogP contribution is 2.33. The van der Waals surface area contributed by atoms with Gasteiger partial charge in [0.05, 0.1) is 30.0 Å². The molecule has 0 saturated heterocycles. The van der Waals surface area contributed by atoms with Crippen molar-refractivity contribution in [2.45, 2.75) is 105 Å². The first-order valence-corrected chi connectivity index (χ1v) is 17.6. The molecule has 53 heavy (non-hydrogen) atoms. The van der Waals surface area contributed by atoms with Crippen LogP contribution in [0.4, 0.5) is 32.4 Å². The second-order valence-electron chi connectivity index (χ2n) is 14.8. The summed E-state index contributed by atoms with van der Waals surface area (Å²) >= 11 is 0. The molecule has 0 heterocycles. The number of alkyl carbamates (subject to hydrolysis) is 1. The summed E-state index contributed by atoms with van der Waals surface area (Å²) in [5.41, 5.74) is -2.16. The largest absolute Gasteiger partial charge is 0.491 e. The van der Waals surface area contributed by atoms with Crippen LogP contribution in [-0.4, -0.2) is 61.1 Å². The number of benzene rings is 2. The molecule has 0 bridgehead atoms.